The Hall–Kier alpha value is -2.94. The average molecular weight is 271 g/mol. The summed E-state index contributed by atoms with van der Waals surface area (Å²) in [6.45, 7) is 0. The number of rotatable bonds is 1. The highest BCUT2D eigenvalue weighted by Gasteiger charge is 2.27. The third-order valence-corrected chi connectivity index (χ3v) is 4.43. The van der Waals surface area contributed by atoms with Crippen LogP contribution in [0.25, 0.3) is 44.1 Å². The molecule has 1 aliphatic rings. The SMILES string of the molecule is O=[N+]([O-])C1=Cc2ccc3ccc4cccc5cc1c2c3c45. The van der Waals surface area contributed by atoms with Crippen LogP contribution in [-0.2, 0) is 0 Å². The van der Waals surface area contributed by atoms with Gasteiger partial charge >= 0.3 is 0 Å². The van der Waals surface area contributed by atoms with Gasteiger partial charge in [0.25, 0.3) is 5.70 Å². The normalized spacial score (nSPS) is 13.4. The Balaban J connectivity index is 2.14. The van der Waals surface area contributed by atoms with Crippen LogP contribution < -0.4 is 0 Å². The molecule has 0 aromatic heterocycles. The number of hydrogen-bond acceptors (Lipinski definition) is 2. The maximum absolute atomic E-state index is 11.3. The molecule has 4 aromatic carbocycles. The van der Waals surface area contributed by atoms with Gasteiger partial charge < -0.3 is 0 Å². The zero-order chi connectivity index (χ0) is 14.1. The van der Waals surface area contributed by atoms with Crippen molar-refractivity contribution in [2.75, 3.05) is 0 Å². The minimum Gasteiger partial charge on any atom is -0.258 e. The van der Waals surface area contributed by atoms with Crippen molar-refractivity contribution in [3.8, 4) is 0 Å². The van der Waals surface area contributed by atoms with Gasteiger partial charge in [-0.15, -0.1) is 0 Å². The lowest BCUT2D eigenvalue weighted by molar-refractivity contribution is -0.374. The van der Waals surface area contributed by atoms with E-state index < -0.39 is 0 Å². The monoisotopic (exact) mass is 271 g/mol. The Morgan fingerprint density at radius 3 is 2.33 bits per heavy atom. The minimum absolute atomic E-state index is 0.198. The second-order valence-electron chi connectivity index (χ2n) is 5.48. The first-order chi connectivity index (χ1) is 10.2. The van der Waals surface area contributed by atoms with Crippen molar-refractivity contribution in [3.05, 3.63) is 69.8 Å². The fourth-order valence-corrected chi connectivity index (χ4v) is 3.58. The van der Waals surface area contributed by atoms with Crippen LogP contribution in [0.3, 0.4) is 0 Å². The van der Waals surface area contributed by atoms with Crippen LogP contribution >= 0.6 is 0 Å². The van der Waals surface area contributed by atoms with Crippen LogP contribution in [-0.4, -0.2) is 4.92 Å². The summed E-state index contributed by atoms with van der Waals surface area (Å²) in [5.74, 6) is 0. The Morgan fingerprint density at radius 2 is 1.52 bits per heavy atom. The fourth-order valence-electron chi connectivity index (χ4n) is 3.58. The van der Waals surface area contributed by atoms with E-state index in [0.29, 0.717) is 0 Å². The fraction of sp³-hybridized carbons (Fsp3) is 0. The summed E-state index contributed by atoms with van der Waals surface area (Å²) in [5, 5.41) is 18.1. The average Bonchev–Trinajstić information content (AvgIpc) is 2.87. The maximum atomic E-state index is 11.3. The van der Waals surface area contributed by atoms with Gasteiger partial charge in [-0.2, -0.15) is 0 Å². The van der Waals surface area contributed by atoms with E-state index in [1.54, 1.807) is 6.08 Å². The largest absolute Gasteiger partial charge is 0.277 e. The van der Waals surface area contributed by atoms with E-state index in [-0.39, 0.29) is 10.6 Å². The molecule has 0 aliphatic heterocycles. The second-order valence-corrected chi connectivity index (χ2v) is 5.48. The van der Waals surface area contributed by atoms with Gasteiger partial charge in [0.2, 0.25) is 0 Å². The number of nitrogens with zero attached hydrogens (tertiary/aromatic N) is 1. The highest BCUT2D eigenvalue weighted by Crippen LogP contribution is 2.44. The first-order valence-corrected chi connectivity index (χ1v) is 6.81. The molecule has 1 aliphatic carbocycles. The second kappa shape index (κ2) is 3.38. The van der Waals surface area contributed by atoms with E-state index in [0.717, 1.165) is 32.7 Å². The van der Waals surface area contributed by atoms with Crippen molar-refractivity contribution in [2.24, 2.45) is 0 Å². The summed E-state index contributed by atoms with van der Waals surface area (Å²) in [6, 6.07) is 16.3. The van der Waals surface area contributed by atoms with Gasteiger partial charge in [0, 0.05) is 11.5 Å². The van der Waals surface area contributed by atoms with Crippen molar-refractivity contribution < 1.29 is 4.92 Å². The molecule has 4 aromatic rings. The molecule has 0 N–H and O–H groups in total. The van der Waals surface area contributed by atoms with Crippen LogP contribution in [0.1, 0.15) is 11.1 Å². The van der Waals surface area contributed by atoms with Gasteiger partial charge in [-0.3, -0.25) is 10.1 Å². The minimum atomic E-state index is -0.286. The summed E-state index contributed by atoms with van der Waals surface area (Å²) in [4.78, 5) is 11.0. The third kappa shape index (κ3) is 1.19. The quantitative estimate of drug-likeness (QED) is 0.287. The molecule has 0 saturated carbocycles. The van der Waals surface area contributed by atoms with Gasteiger partial charge in [0.15, 0.2) is 0 Å². The molecule has 3 heteroatoms. The van der Waals surface area contributed by atoms with E-state index in [2.05, 4.69) is 18.2 Å². The lowest BCUT2D eigenvalue weighted by atomic mass is 9.91. The predicted octanol–water partition coefficient (Wildman–Crippen LogP) is 4.67. The lowest BCUT2D eigenvalue weighted by Crippen LogP contribution is -1.95. The van der Waals surface area contributed by atoms with Gasteiger partial charge in [0.05, 0.1) is 10.5 Å². The topological polar surface area (TPSA) is 43.1 Å². The number of nitro groups is 1. The summed E-state index contributed by atoms with van der Waals surface area (Å²) < 4.78 is 0. The molecule has 5 rings (SSSR count). The van der Waals surface area contributed by atoms with E-state index >= 15 is 0 Å². The summed E-state index contributed by atoms with van der Waals surface area (Å²) in [7, 11) is 0. The van der Waals surface area contributed by atoms with Crippen molar-refractivity contribution in [2.45, 2.75) is 0 Å². The van der Waals surface area contributed by atoms with Crippen LogP contribution in [0.15, 0.2) is 48.5 Å². The summed E-state index contributed by atoms with van der Waals surface area (Å²) in [6.07, 6.45) is 1.69. The molecule has 0 spiro atoms. The first-order valence-electron chi connectivity index (χ1n) is 6.81. The molecule has 0 radical (unpaired) electrons. The molecule has 0 bridgehead atoms. The van der Waals surface area contributed by atoms with Gasteiger partial charge in [-0.25, -0.2) is 0 Å². The van der Waals surface area contributed by atoms with E-state index in [4.69, 9.17) is 0 Å². The van der Waals surface area contributed by atoms with Gasteiger partial charge in [0.1, 0.15) is 0 Å². The van der Waals surface area contributed by atoms with Gasteiger partial charge in [-0.05, 0) is 38.6 Å². The number of benzene rings is 4. The van der Waals surface area contributed by atoms with E-state index in [9.17, 15) is 10.1 Å². The molecule has 0 atom stereocenters. The standard InChI is InChI=1S/C18H9NO2/c20-19(21)15-9-13-7-6-11-5-4-10-2-1-3-12-8-14(15)17(13)18(11)16(10)12/h1-9H. The smallest absolute Gasteiger partial charge is 0.258 e. The number of hydrogen-bond donors (Lipinski definition) is 0. The zero-order valence-electron chi connectivity index (χ0n) is 11.0. The van der Waals surface area contributed by atoms with Crippen molar-refractivity contribution >= 4 is 44.1 Å². The molecule has 98 valence electrons. The molecule has 0 unspecified atom stereocenters. The van der Waals surface area contributed by atoms with Crippen LogP contribution in [0.5, 0.6) is 0 Å². The first kappa shape index (κ1) is 10.8. The lowest BCUT2D eigenvalue weighted by Gasteiger charge is -2.12. The maximum Gasteiger partial charge on any atom is 0.277 e. The Bertz CT molecular complexity index is 1110. The molecule has 0 saturated heterocycles. The van der Waals surface area contributed by atoms with E-state index in [1.165, 1.54) is 10.8 Å². The molecule has 21 heavy (non-hydrogen) atoms. The predicted molar refractivity (Wildman–Crippen MR) is 85.0 cm³/mol. The molecule has 0 amide bonds. The highest BCUT2D eigenvalue weighted by molar-refractivity contribution is 6.28. The van der Waals surface area contributed by atoms with Crippen molar-refractivity contribution in [3.63, 3.8) is 0 Å². The highest BCUT2D eigenvalue weighted by atomic mass is 16.6. The van der Waals surface area contributed by atoms with Gasteiger partial charge in [-0.1, -0.05) is 42.5 Å². The van der Waals surface area contributed by atoms with Crippen LogP contribution in [0.4, 0.5) is 0 Å². The van der Waals surface area contributed by atoms with Crippen molar-refractivity contribution in [1.82, 2.24) is 0 Å². The van der Waals surface area contributed by atoms with Crippen molar-refractivity contribution in [1.29, 1.82) is 0 Å². The Kier molecular flexibility index (Phi) is 1.74. The Labute approximate surface area is 119 Å². The third-order valence-electron chi connectivity index (χ3n) is 4.43. The zero-order valence-corrected chi connectivity index (χ0v) is 11.0. The van der Waals surface area contributed by atoms with E-state index in [1.807, 2.05) is 30.3 Å². The molecular formula is C18H9NO2. The Morgan fingerprint density at radius 1 is 0.810 bits per heavy atom. The molecule has 0 heterocycles. The molecule has 0 fully saturated rings. The van der Waals surface area contributed by atoms with Crippen LogP contribution in [0.2, 0.25) is 0 Å². The molecular weight excluding hydrogens is 262 g/mol. The summed E-state index contributed by atoms with van der Waals surface area (Å²) in [5.41, 5.74) is 1.89. The summed E-state index contributed by atoms with van der Waals surface area (Å²) >= 11 is 0. The van der Waals surface area contributed by atoms with Crippen LogP contribution in [0, 0.1) is 10.1 Å². The molecule has 3 nitrogen and oxygen atoms in total.